The highest BCUT2D eigenvalue weighted by Crippen LogP contribution is 2.18. The van der Waals surface area contributed by atoms with Gasteiger partial charge in [-0.05, 0) is 49.1 Å². The van der Waals surface area contributed by atoms with E-state index in [1.165, 1.54) is 12.1 Å². The van der Waals surface area contributed by atoms with Gasteiger partial charge >= 0.3 is 0 Å². The molecule has 0 saturated heterocycles. The van der Waals surface area contributed by atoms with E-state index in [2.05, 4.69) is 10.0 Å². The SMILES string of the molecule is O=C(NC1CCCCC1)[C@@H](Cc1ccccc1)NS(=O)(=O)c1ccc(F)cc1. The van der Waals surface area contributed by atoms with Gasteiger partial charge in [0, 0.05) is 6.04 Å². The molecule has 0 aliphatic heterocycles. The molecule has 2 aromatic rings. The lowest BCUT2D eigenvalue weighted by atomic mass is 9.95. The summed E-state index contributed by atoms with van der Waals surface area (Å²) in [5.41, 5.74) is 0.855. The molecule has 2 N–H and O–H groups in total. The zero-order chi connectivity index (χ0) is 20.0. The topological polar surface area (TPSA) is 75.3 Å². The zero-order valence-electron chi connectivity index (χ0n) is 15.6. The number of hydrogen-bond donors (Lipinski definition) is 2. The van der Waals surface area contributed by atoms with Crippen molar-refractivity contribution < 1.29 is 17.6 Å². The van der Waals surface area contributed by atoms with E-state index >= 15 is 0 Å². The van der Waals surface area contributed by atoms with Crippen molar-refractivity contribution in [1.29, 1.82) is 0 Å². The third-order valence-electron chi connectivity index (χ3n) is 4.97. The van der Waals surface area contributed by atoms with E-state index in [1.807, 2.05) is 30.3 Å². The van der Waals surface area contributed by atoms with E-state index < -0.39 is 21.9 Å². The number of amides is 1. The Kier molecular flexibility index (Phi) is 6.80. The molecular weight excluding hydrogens is 379 g/mol. The lowest BCUT2D eigenvalue weighted by Gasteiger charge is -2.26. The van der Waals surface area contributed by atoms with Crippen LogP contribution < -0.4 is 10.0 Å². The Labute approximate surface area is 165 Å². The summed E-state index contributed by atoms with van der Waals surface area (Å²) in [5, 5.41) is 3.00. The molecule has 0 radical (unpaired) electrons. The summed E-state index contributed by atoms with van der Waals surface area (Å²) >= 11 is 0. The van der Waals surface area contributed by atoms with Crippen LogP contribution in [0, 0.1) is 5.82 Å². The van der Waals surface area contributed by atoms with Crippen molar-refractivity contribution in [2.75, 3.05) is 0 Å². The summed E-state index contributed by atoms with van der Waals surface area (Å²) in [7, 11) is -3.96. The van der Waals surface area contributed by atoms with Crippen LogP contribution in [0.4, 0.5) is 4.39 Å². The van der Waals surface area contributed by atoms with E-state index in [9.17, 15) is 17.6 Å². The number of hydrogen-bond acceptors (Lipinski definition) is 3. The third-order valence-corrected chi connectivity index (χ3v) is 6.46. The van der Waals surface area contributed by atoms with E-state index in [0.29, 0.717) is 0 Å². The second-order valence-corrected chi connectivity index (χ2v) is 8.88. The summed E-state index contributed by atoms with van der Waals surface area (Å²) in [4.78, 5) is 12.8. The molecule has 28 heavy (non-hydrogen) atoms. The van der Waals surface area contributed by atoms with Crippen LogP contribution in [0.5, 0.6) is 0 Å². The first-order valence-corrected chi connectivity index (χ1v) is 11.0. The fraction of sp³-hybridized carbons (Fsp3) is 0.381. The third kappa shape index (κ3) is 5.62. The molecule has 1 amide bonds. The lowest BCUT2D eigenvalue weighted by molar-refractivity contribution is -0.123. The minimum Gasteiger partial charge on any atom is -0.352 e. The second kappa shape index (κ2) is 9.30. The van der Waals surface area contributed by atoms with Gasteiger partial charge in [0.15, 0.2) is 0 Å². The molecule has 5 nitrogen and oxygen atoms in total. The molecule has 2 aromatic carbocycles. The largest absolute Gasteiger partial charge is 0.352 e. The van der Waals surface area contributed by atoms with Gasteiger partial charge in [0.25, 0.3) is 0 Å². The summed E-state index contributed by atoms with van der Waals surface area (Å²) in [6, 6.07) is 13.0. The maximum absolute atomic E-state index is 13.1. The summed E-state index contributed by atoms with van der Waals surface area (Å²) < 4.78 is 41.1. The van der Waals surface area contributed by atoms with Crippen LogP contribution >= 0.6 is 0 Å². The Bertz CT molecular complexity index is 880. The number of sulfonamides is 1. The maximum atomic E-state index is 13.1. The number of halogens is 1. The first-order valence-electron chi connectivity index (χ1n) is 9.56. The monoisotopic (exact) mass is 404 g/mol. The molecule has 7 heteroatoms. The van der Waals surface area contributed by atoms with Gasteiger partial charge in [-0.3, -0.25) is 4.79 Å². The minimum absolute atomic E-state index is 0.0718. The molecule has 1 saturated carbocycles. The van der Waals surface area contributed by atoms with Gasteiger partial charge in [-0.2, -0.15) is 4.72 Å². The highest BCUT2D eigenvalue weighted by atomic mass is 32.2. The van der Waals surface area contributed by atoms with Gasteiger partial charge in [0.1, 0.15) is 11.9 Å². The van der Waals surface area contributed by atoms with Crippen molar-refractivity contribution in [3.63, 3.8) is 0 Å². The number of benzene rings is 2. The van der Waals surface area contributed by atoms with Crippen molar-refractivity contribution in [2.45, 2.75) is 55.5 Å². The zero-order valence-corrected chi connectivity index (χ0v) is 16.4. The van der Waals surface area contributed by atoms with Crippen LogP contribution in [-0.2, 0) is 21.2 Å². The fourth-order valence-electron chi connectivity index (χ4n) is 3.46. The van der Waals surface area contributed by atoms with Gasteiger partial charge in [0.05, 0.1) is 4.90 Å². The molecule has 1 atom stereocenters. The molecule has 3 rings (SSSR count). The van der Waals surface area contributed by atoms with Crippen molar-refractivity contribution >= 4 is 15.9 Å². The highest BCUT2D eigenvalue weighted by molar-refractivity contribution is 7.89. The Balaban J connectivity index is 1.78. The van der Waals surface area contributed by atoms with Gasteiger partial charge < -0.3 is 5.32 Å². The predicted molar refractivity (Wildman–Crippen MR) is 106 cm³/mol. The van der Waals surface area contributed by atoms with Crippen molar-refractivity contribution in [3.05, 3.63) is 66.0 Å². The number of carbonyl (C=O) groups is 1. The number of nitrogens with one attached hydrogen (secondary N) is 2. The molecule has 150 valence electrons. The van der Waals surface area contributed by atoms with Crippen LogP contribution in [0.2, 0.25) is 0 Å². The van der Waals surface area contributed by atoms with E-state index in [1.54, 1.807) is 0 Å². The summed E-state index contributed by atoms with van der Waals surface area (Å²) in [6.07, 6.45) is 5.35. The van der Waals surface area contributed by atoms with Crippen LogP contribution in [-0.4, -0.2) is 26.4 Å². The van der Waals surface area contributed by atoms with Gasteiger partial charge in [0.2, 0.25) is 15.9 Å². The van der Waals surface area contributed by atoms with Crippen molar-refractivity contribution in [2.24, 2.45) is 0 Å². The molecule has 0 aromatic heterocycles. The molecule has 1 aliphatic rings. The first-order chi connectivity index (χ1) is 13.4. The highest BCUT2D eigenvalue weighted by Gasteiger charge is 2.28. The van der Waals surface area contributed by atoms with Crippen LogP contribution in [0.15, 0.2) is 59.5 Å². The molecular formula is C21H25FN2O3S. The predicted octanol–water partition coefficient (Wildman–Crippen LogP) is 3.16. The summed E-state index contributed by atoms with van der Waals surface area (Å²) in [6.45, 7) is 0. The average Bonchev–Trinajstić information content (AvgIpc) is 2.69. The van der Waals surface area contributed by atoms with E-state index in [0.717, 1.165) is 49.8 Å². The van der Waals surface area contributed by atoms with E-state index in [-0.39, 0.29) is 23.3 Å². The molecule has 0 spiro atoms. The molecule has 1 aliphatic carbocycles. The van der Waals surface area contributed by atoms with Crippen molar-refractivity contribution in [1.82, 2.24) is 10.0 Å². The Hall–Kier alpha value is -2.25. The minimum atomic E-state index is -3.96. The molecule has 1 fully saturated rings. The molecule has 0 bridgehead atoms. The van der Waals surface area contributed by atoms with Crippen LogP contribution in [0.3, 0.4) is 0 Å². The van der Waals surface area contributed by atoms with Crippen molar-refractivity contribution in [3.8, 4) is 0 Å². The van der Waals surface area contributed by atoms with Crippen LogP contribution in [0.1, 0.15) is 37.7 Å². The summed E-state index contributed by atoms with van der Waals surface area (Å²) in [5.74, 6) is -0.851. The van der Waals surface area contributed by atoms with Gasteiger partial charge in [-0.15, -0.1) is 0 Å². The molecule has 0 unspecified atom stereocenters. The Morgan fingerprint density at radius 2 is 1.64 bits per heavy atom. The van der Waals surface area contributed by atoms with Gasteiger partial charge in [-0.1, -0.05) is 49.6 Å². The standard InChI is InChI=1S/C21H25FN2O3S/c22-17-11-13-19(14-12-17)28(26,27)24-20(15-16-7-3-1-4-8-16)21(25)23-18-9-5-2-6-10-18/h1,3-4,7-8,11-14,18,20,24H,2,5-6,9-10,15H2,(H,23,25)/t20-/m1/s1. The van der Waals surface area contributed by atoms with Crippen LogP contribution in [0.25, 0.3) is 0 Å². The quantitative estimate of drug-likeness (QED) is 0.744. The molecule has 0 heterocycles. The fourth-order valence-corrected chi connectivity index (χ4v) is 4.65. The maximum Gasteiger partial charge on any atom is 0.241 e. The Morgan fingerprint density at radius 3 is 2.29 bits per heavy atom. The first kappa shape index (κ1) is 20.5. The normalized spacial score (nSPS) is 16.5. The number of carbonyl (C=O) groups excluding carboxylic acids is 1. The lowest BCUT2D eigenvalue weighted by Crippen LogP contribution is -2.50. The second-order valence-electron chi connectivity index (χ2n) is 7.16. The number of rotatable bonds is 7. The van der Waals surface area contributed by atoms with Gasteiger partial charge in [-0.25, -0.2) is 12.8 Å². The van der Waals surface area contributed by atoms with E-state index in [4.69, 9.17) is 0 Å². The smallest absolute Gasteiger partial charge is 0.241 e. The average molecular weight is 405 g/mol. The Morgan fingerprint density at radius 1 is 1.00 bits per heavy atom.